The van der Waals surface area contributed by atoms with E-state index in [0.717, 1.165) is 23.9 Å². The Bertz CT molecular complexity index is 1070. The van der Waals surface area contributed by atoms with Gasteiger partial charge in [-0.25, -0.2) is 4.98 Å². The molecule has 2 aromatic carbocycles. The first-order valence-electron chi connectivity index (χ1n) is 9.57. The number of nitrogens with zero attached hydrogens (tertiary/aromatic N) is 3. The van der Waals surface area contributed by atoms with Crippen LogP contribution in [0.1, 0.15) is 29.7 Å². The van der Waals surface area contributed by atoms with E-state index in [4.69, 9.17) is 5.73 Å². The Morgan fingerprint density at radius 1 is 1.00 bits per heavy atom. The van der Waals surface area contributed by atoms with Crippen LogP contribution in [0, 0.1) is 0 Å². The van der Waals surface area contributed by atoms with Crippen LogP contribution in [0.15, 0.2) is 67.0 Å². The van der Waals surface area contributed by atoms with Gasteiger partial charge in [0, 0.05) is 35.9 Å². The number of aromatic amines is 1. The molecule has 0 aliphatic heterocycles. The lowest BCUT2D eigenvalue weighted by Crippen LogP contribution is -2.24. The summed E-state index contributed by atoms with van der Waals surface area (Å²) in [6, 6.07) is 18.8. The molecule has 0 fully saturated rings. The van der Waals surface area contributed by atoms with Gasteiger partial charge in [-0.1, -0.05) is 48.5 Å². The molecule has 0 bridgehead atoms. The molecule has 4 rings (SSSR count). The number of H-pyrrole nitrogens is 1. The van der Waals surface area contributed by atoms with Gasteiger partial charge in [0.2, 0.25) is 5.95 Å². The van der Waals surface area contributed by atoms with E-state index in [9.17, 15) is 0 Å². The first kappa shape index (κ1) is 18.0. The van der Waals surface area contributed by atoms with Crippen LogP contribution in [0.2, 0.25) is 0 Å². The third-order valence-electron chi connectivity index (χ3n) is 5.40. The minimum absolute atomic E-state index is 0.165. The van der Waals surface area contributed by atoms with Crippen LogP contribution >= 0.6 is 0 Å². The molecule has 0 radical (unpaired) electrons. The summed E-state index contributed by atoms with van der Waals surface area (Å²) in [5, 5.41) is 1.26. The molecule has 4 aromatic rings. The van der Waals surface area contributed by atoms with E-state index in [1.807, 2.05) is 37.5 Å². The number of anilines is 2. The number of rotatable bonds is 6. The molecule has 3 N–H and O–H groups in total. The smallest absolute Gasteiger partial charge is 0.227 e. The van der Waals surface area contributed by atoms with Crippen molar-refractivity contribution in [3.8, 4) is 0 Å². The van der Waals surface area contributed by atoms with Gasteiger partial charge in [-0.2, -0.15) is 4.98 Å². The number of nitrogens with one attached hydrogen (secondary N) is 1. The average Bonchev–Trinajstić information content (AvgIpc) is 3.15. The van der Waals surface area contributed by atoms with Gasteiger partial charge in [-0.05, 0) is 37.0 Å². The molecule has 2 heterocycles. The fourth-order valence-electron chi connectivity index (χ4n) is 3.51. The summed E-state index contributed by atoms with van der Waals surface area (Å²) >= 11 is 0. The second-order valence-electron chi connectivity index (χ2n) is 7.14. The van der Waals surface area contributed by atoms with Crippen molar-refractivity contribution in [2.24, 2.45) is 0 Å². The fraction of sp³-hybridized carbons (Fsp3) is 0.217. The van der Waals surface area contributed by atoms with E-state index < -0.39 is 0 Å². The Hall–Kier alpha value is -3.34. The number of hydrogen-bond donors (Lipinski definition) is 2. The molecule has 0 saturated heterocycles. The minimum atomic E-state index is 0.165. The third kappa shape index (κ3) is 3.56. The molecular formula is C23H25N5. The molecule has 0 aliphatic carbocycles. The summed E-state index contributed by atoms with van der Waals surface area (Å²) in [4.78, 5) is 14.5. The highest BCUT2D eigenvalue weighted by atomic mass is 15.3. The molecule has 1 atom stereocenters. The monoisotopic (exact) mass is 371 g/mol. The van der Waals surface area contributed by atoms with Crippen LogP contribution in [0.4, 0.5) is 11.8 Å². The van der Waals surface area contributed by atoms with Gasteiger partial charge in [0.15, 0.2) is 0 Å². The summed E-state index contributed by atoms with van der Waals surface area (Å²) in [6.07, 6.45) is 5.64. The highest BCUT2D eigenvalue weighted by Crippen LogP contribution is 2.25. The maximum absolute atomic E-state index is 6.26. The van der Waals surface area contributed by atoms with E-state index in [1.54, 1.807) is 0 Å². The summed E-state index contributed by atoms with van der Waals surface area (Å²) in [7, 11) is 2.00. The zero-order valence-corrected chi connectivity index (χ0v) is 16.3. The van der Waals surface area contributed by atoms with E-state index in [1.165, 1.54) is 16.5 Å². The molecule has 28 heavy (non-hydrogen) atoms. The number of benzene rings is 2. The van der Waals surface area contributed by atoms with Gasteiger partial charge in [0.05, 0.1) is 6.04 Å². The quantitative estimate of drug-likeness (QED) is 0.523. The molecule has 142 valence electrons. The predicted octanol–water partition coefficient (Wildman–Crippen LogP) is 4.52. The Kier molecular flexibility index (Phi) is 4.98. The highest BCUT2D eigenvalue weighted by molar-refractivity contribution is 5.83. The van der Waals surface area contributed by atoms with Gasteiger partial charge in [-0.15, -0.1) is 0 Å². The van der Waals surface area contributed by atoms with Gasteiger partial charge < -0.3 is 15.6 Å². The van der Waals surface area contributed by atoms with Gasteiger partial charge in [0.25, 0.3) is 0 Å². The van der Waals surface area contributed by atoms with Gasteiger partial charge >= 0.3 is 0 Å². The fourth-order valence-corrected chi connectivity index (χ4v) is 3.51. The molecule has 2 aromatic heterocycles. The highest BCUT2D eigenvalue weighted by Gasteiger charge is 2.16. The maximum atomic E-state index is 6.26. The number of aromatic nitrogens is 3. The van der Waals surface area contributed by atoms with Crippen molar-refractivity contribution >= 4 is 22.7 Å². The topological polar surface area (TPSA) is 70.8 Å². The molecule has 0 spiro atoms. The van der Waals surface area contributed by atoms with Crippen molar-refractivity contribution in [2.75, 3.05) is 17.7 Å². The van der Waals surface area contributed by atoms with Crippen LogP contribution in [0.3, 0.4) is 0 Å². The van der Waals surface area contributed by atoms with Gasteiger partial charge in [-0.3, -0.25) is 0 Å². The standard InChI is InChI=1S/C23H25N5/c1-16(17-8-4-3-5-9-17)28(2)23-26-15-19(22(24)27-23)13-12-18-14-25-21-11-7-6-10-20(18)21/h3-11,14-16,25H,12-13H2,1-2H3,(H2,24,26,27). The number of nitrogen functional groups attached to an aromatic ring is 1. The average molecular weight is 371 g/mol. The number of para-hydroxylation sites is 1. The van der Waals surface area contributed by atoms with Crippen LogP contribution in [0.25, 0.3) is 10.9 Å². The summed E-state index contributed by atoms with van der Waals surface area (Å²) in [6.45, 7) is 2.14. The van der Waals surface area contributed by atoms with Crippen molar-refractivity contribution in [1.82, 2.24) is 15.0 Å². The van der Waals surface area contributed by atoms with Crippen molar-refractivity contribution in [3.63, 3.8) is 0 Å². The molecule has 0 saturated carbocycles. The zero-order chi connectivity index (χ0) is 19.5. The molecule has 1 unspecified atom stereocenters. The van der Waals surface area contributed by atoms with E-state index in [2.05, 4.69) is 63.3 Å². The number of hydrogen-bond acceptors (Lipinski definition) is 4. The minimum Gasteiger partial charge on any atom is -0.383 e. The number of fused-ring (bicyclic) bond motifs is 1. The summed E-state index contributed by atoms with van der Waals surface area (Å²) < 4.78 is 0. The normalized spacial score (nSPS) is 12.2. The van der Waals surface area contributed by atoms with Gasteiger partial charge in [0.1, 0.15) is 5.82 Å². The van der Waals surface area contributed by atoms with Crippen LogP contribution < -0.4 is 10.6 Å². The Morgan fingerprint density at radius 3 is 2.50 bits per heavy atom. The molecular weight excluding hydrogens is 346 g/mol. The number of aryl methyl sites for hydroxylation is 2. The molecule has 0 amide bonds. The molecule has 5 heteroatoms. The van der Waals surface area contributed by atoms with Crippen molar-refractivity contribution in [1.29, 1.82) is 0 Å². The molecule has 0 aliphatic rings. The SMILES string of the molecule is CC(c1ccccc1)N(C)c1ncc(CCc2c[nH]c3ccccc23)c(N)n1. The number of nitrogens with two attached hydrogens (primary N) is 1. The Balaban J connectivity index is 1.48. The third-order valence-corrected chi connectivity index (χ3v) is 5.40. The lowest BCUT2D eigenvalue weighted by Gasteiger charge is -2.25. The Morgan fingerprint density at radius 2 is 1.71 bits per heavy atom. The van der Waals surface area contributed by atoms with Crippen molar-refractivity contribution in [2.45, 2.75) is 25.8 Å². The maximum Gasteiger partial charge on any atom is 0.227 e. The van der Waals surface area contributed by atoms with Crippen molar-refractivity contribution < 1.29 is 0 Å². The zero-order valence-electron chi connectivity index (χ0n) is 16.3. The lowest BCUT2D eigenvalue weighted by atomic mass is 10.1. The predicted molar refractivity (Wildman–Crippen MR) is 115 cm³/mol. The summed E-state index contributed by atoms with van der Waals surface area (Å²) in [5.41, 5.74) is 10.9. The first-order valence-corrected chi connectivity index (χ1v) is 9.57. The second kappa shape index (κ2) is 7.72. The van der Waals surface area contributed by atoms with E-state index in [-0.39, 0.29) is 6.04 Å². The van der Waals surface area contributed by atoms with E-state index in [0.29, 0.717) is 11.8 Å². The second-order valence-corrected chi connectivity index (χ2v) is 7.14. The lowest BCUT2D eigenvalue weighted by molar-refractivity contribution is 0.714. The van der Waals surface area contributed by atoms with Crippen LogP contribution in [-0.4, -0.2) is 22.0 Å². The van der Waals surface area contributed by atoms with Crippen molar-refractivity contribution in [3.05, 3.63) is 83.7 Å². The van der Waals surface area contributed by atoms with E-state index >= 15 is 0 Å². The molecule has 5 nitrogen and oxygen atoms in total. The summed E-state index contributed by atoms with van der Waals surface area (Å²) in [5.74, 6) is 1.20. The Labute approximate surface area is 165 Å². The largest absolute Gasteiger partial charge is 0.383 e. The van der Waals surface area contributed by atoms with Crippen LogP contribution in [-0.2, 0) is 12.8 Å². The van der Waals surface area contributed by atoms with Crippen LogP contribution in [0.5, 0.6) is 0 Å². The first-order chi connectivity index (χ1) is 13.6.